The van der Waals surface area contributed by atoms with E-state index >= 15 is 0 Å². The monoisotopic (exact) mass is 540 g/mol. The Bertz CT molecular complexity index is 1490. The van der Waals surface area contributed by atoms with Crippen LogP contribution in [0.5, 0.6) is 0 Å². The van der Waals surface area contributed by atoms with Crippen LogP contribution in [0.15, 0.2) is 64.6 Å². The van der Waals surface area contributed by atoms with E-state index in [0.29, 0.717) is 28.6 Å². The summed E-state index contributed by atoms with van der Waals surface area (Å²) >= 11 is 1.24. The number of H-pyrrole nitrogens is 1. The molecule has 2 aromatic heterocycles. The van der Waals surface area contributed by atoms with Crippen LogP contribution in [0.2, 0.25) is 0 Å². The van der Waals surface area contributed by atoms with Crippen LogP contribution in [0, 0.1) is 0 Å². The predicted molar refractivity (Wildman–Crippen MR) is 148 cm³/mol. The van der Waals surface area contributed by atoms with E-state index in [1.54, 1.807) is 16.8 Å². The van der Waals surface area contributed by atoms with Gasteiger partial charge in [-0.15, -0.1) is 0 Å². The molecule has 4 rings (SSSR count). The minimum Gasteiger partial charge on any atom is -0.333 e. The Hall–Kier alpha value is -3.15. The highest BCUT2D eigenvalue weighted by molar-refractivity contribution is 7.99. The number of aromatic amines is 1. The minimum absolute atomic E-state index is 0.119. The molecule has 37 heavy (non-hydrogen) atoms. The lowest BCUT2D eigenvalue weighted by Gasteiger charge is -2.14. The zero-order chi connectivity index (χ0) is 26.6. The zero-order valence-corrected chi connectivity index (χ0v) is 23.0. The van der Waals surface area contributed by atoms with Crippen molar-refractivity contribution in [3.63, 3.8) is 0 Å². The van der Waals surface area contributed by atoms with Crippen molar-refractivity contribution in [3.8, 4) is 5.69 Å². The van der Waals surface area contributed by atoms with Crippen molar-refractivity contribution in [3.05, 3.63) is 60.3 Å². The topological polar surface area (TPSA) is 122 Å². The van der Waals surface area contributed by atoms with Crippen LogP contribution in [0.25, 0.3) is 16.7 Å². The number of hydrogen-bond donors (Lipinski definition) is 3. The molecule has 0 bridgehead atoms. The first-order chi connectivity index (χ1) is 17.6. The first kappa shape index (κ1) is 26.9. The number of carbonyl (C=O) groups excluding carboxylic acids is 1. The molecule has 2 heterocycles. The van der Waals surface area contributed by atoms with E-state index in [4.69, 9.17) is 5.10 Å². The maximum absolute atomic E-state index is 12.9. The molecule has 0 atom stereocenters. The summed E-state index contributed by atoms with van der Waals surface area (Å²) in [6.45, 7) is 8.63. The third kappa shape index (κ3) is 6.60. The van der Waals surface area contributed by atoms with Gasteiger partial charge in [0, 0.05) is 18.0 Å². The van der Waals surface area contributed by atoms with E-state index in [-0.39, 0.29) is 22.0 Å². The van der Waals surface area contributed by atoms with Crippen LogP contribution in [0.3, 0.4) is 0 Å². The Kier molecular flexibility index (Phi) is 8.05. The number of nitrogens with zero attached hydrogens (tertiary/aromatic N) is 3. The molecule has 0 saturated heterocycles. The van der Waals surface area contributed by atoms with Crippen molar-refractivity contribution in [2.75, 3.05) is 17.6 Å². The third-order valence-electron chi connectivity index (χ3n) is 5.65. The summed E-state index contributed by atoms with van der Waals surface area (Å²) in [6.07, 6.45) is 1.68. The molecule has 11 heteroatoms. The molecule has 0 radical (unpaired) electrons. The van der Waals surface area contributed by atoms with Crippen LogP contribution < -0.4 is 10.0 Å². The number of rotatable bonds is 10. The number of thioether (sulfide) groups is 1. The summed E-state index contributed by atoms with van der Waals surface area (Å²) in [6, 6.07) is 16.3. The van der Waals surface area contributed by atoms with Crippen LogP contribution in [-0.2, 0) is 20.2 Å². The van der Waals surface area contributed by atoms with Gasteiger partial charge in [-0.1, -0.05) is 64.1 Å². The van der Waals surface area contributed by atoms with Crippen molar-refractivity contribution < 1.29 is 13.2 Å². The molecule has 196 valence electrons. The third-order valence-corrected chi connectivity index (χ3v) is 7.98. The number of hydrogen-bond acceptors (Lipinski definition) is 6. The van der Waals surface area contributed by atoms with E-state index in [1.165, 1.54) is 17.8 Å². The van der Waals surface area contributed by atoms with Gasteiger partial charge in [-0.2, -0.15) is 5.10 Å². The molecule has 0 aliphatic rings. The highest BCUT2D eigenvalue weighted by Gasteiger charge is 2.22. The Labute approximate surface area is 221 Å². The van der Waals surface area contributed by atoms with Gasteiger partial charge in [0.25, 0.3) is 0 Å². The number of anilines is 1. The van der Waals surface area contributed by atoms with Gasteiger partial charge in [0.15, 0.2) is 5.16 Å². The average molecular weight is 541 g/mol. The Morgan fingerprint density at radius 1 is 1.11 bits per heavy atom. The molecular weight excluding hydrogens is 508 g/mol. The number of carbonyl (C=O) groups is 1. The van der Waals surface area contributed by atoms with Gasteiger partial charge >= 0.3 is 0 Å². The van der Waals surface area contributed by atoms with Gasteiger partial charge in [-0.25, -0.2) is 22.8 Å². The second kappa shape index (κ2) is 11.1. The first-order valence-corrected chi connectivity index (χ1v) is 14.6. The maximum atomic E-state index is 12.9. The lowest BCUT2D eigenvalue weighted by molar-refractivity contribution is -0.113. The number of aromatic nitrogens is 4. The number of fused-ring (bicyclic) bond motifs is 1. The van der Waals surface area contributed by atoms with Crippen molar-refractivity contribution in [2.45, 2.75) is 56.0 Å². The van der Waals surface area contributed by atoms with E-state index in [9.17, 15) is 13.2 Å². The standard InChI is InChI=1S/C26H32N6O3S2/c1-5-6-14-27-37(34,35)19-12-13-20-21(15-19)29-25(28-20)36-17-24(33)30-23-16-22(26(2,3)4)31-32(23)18-10-8-7-9-11-18/h7-13,15-16,27H,5-6,14,17H2,1-4H3,(H,28,29)(H,30,33). The van der Waals surface area contributed by atoms with Crippen molar-refractivity contribution in [1.29, 1.82) is 0 Å². The molecular formula is C26H32N6O3S2. The normalized spacial score (nSPS) is 12.2. The molecule has 0 aliphatic carbocycles. The number of benzene rings is 2. The van der Waals surface area contributed by atoms with Crippen LogP contribution >= 0.6 is 11.8 Å². The summed E-state index contributed by atoms with van der Waals surface area (Å²) < 4.78 is 29.4. The summed E-state index contributed by atoms with van der Waals surface area (Å²) in [5.74, 6) is 0.511. The molecule has 2 aromatic carbocycles. The number of para-hydroxylation sites is 1. The smallest absolute Gasteiger partial charge is 0.240 e. The largest absolute Gasteiger partial charge is 0.333 e. The van der Waals surface area contributed by atoms with E-state index in [2.05, 4.69) is 40.8 Å². The number of unbranched alkanes of at least 4 members (excludes halogenated alkanes) is 1. The quantitative estimate of drug-likeness (QED) is 0.195. The summed E-state index contributed by atoms with van der Waals surface area (Å²) in [4.78, 5) is 20.6. The molecule has 0 unspecified atom stereocenters. The minimum atomic E-state index is -3.59. The fourth-order valence-electron chi connectivity index (χ4n) is 3.58. The van der Waals surface area contributed by atoms with Crippen molar-refractivity contribution >= 4 is 44.5 Å². The molecule has 4 aromatic rings. The second-order valence-electron chi connectivity index (χ2n) is 9.72. The number of nitrogens with one attached hydrogen (secondary N) is 3. The van der Waals surface area contributed by atoms with Gasteiger partial charge in [-0.05, 0) is 36.8 Å². The fourth-order valence-corrected chi connectivity index (χ4v) is 5.37. The molecule has 9 nitrogen and oxygen atoms in total. The van der Waals surface area contributed by atoms with Crippen LogP contribution in [0.4, 0.5) is 5.82 Å². The average Bonchev–Trinajstić information content (AvgIpc) is 3.47. The maximum Gasteiger partial charge on any atom is 0.240 e. The van der Waals surface area contributed by atoms with Crippen molar-refractivity contribution in [2.24, 2.45) is 0 Å². The van der Waals surface area contributed by atoms with E-state index in [0.717, 1.165) is 24.2 Å². The van der Waals surface area contributed by atoms with Crippen LogP contribution in [0.1, 0.15) is 46.2 Å². The Morgan fingerprint density at radius 2 is 1.86 bits per heavy atom. The van der Waals surface area contributed by atoms with E-state index < -0.39 is 10.0 Å². The Morgan fingerprint density at radius 3 is 2.57 bits per heavy atom. The summed E-state index contributed by atoms with van der Waals surface area (Å²) in [5.41, 5.74) is 2.77. The van der Waals surface area contributed by atoms with E-state index in [1.807, 2.05) is 43.3 Å². The molecule has 3 N–H and O–H groups in total. The SMILES string of the molecule is CCCCNS(=O)(=O)c1ccc2nc(SCC(=O)Nc3cc(C(C)(C)C)nn3-c3ccccc3)[nH]c2c1. The molecule has 0 spiro atoms. The van der Waals surface area contributed by atoms with Gasteiger partial charge < -0.3 is 10.3 Å². The number of sulfonamides is 1. The highest BCUT2D eigenvalue weighted by atomic mass is 32.2. The molecule has 0 fully saturated rings. The van der Waals surface area contributed by atoms with Crippen molar-refractivity contribution in [1.82, 2.24) is 24.5 Å². The number of imidazole rings is 1. The lowest BCUT2D eigenvalue weighted by atomic mass is 9.92. The number of amides is 1. The van der Waals surface area contributed by atoms with Crippen LogP contribution in [-0.4, -0.2) is 46.4 Å². The summed E-state index contributed by atoms with van der Waals surface area (Å²) in [7, 11) is -3.59. The Balaban J connectivity index is 1.46. The van der Waals surface area contributed by atoms with Gasteiger partial charge in [-0.3, -0.25) is 4.79 Å². The first-order valence-electron chi connectivity index (χ1n) is 12.1. The fraction of sp³-hybridized carbons (Fsp3) is 0.346. The van der Waals surface area contributed by atoms with Gasteiger partial charge in [0.1, 0.15) is 5.82 Å². The highest BCUT2D eigenvalue weighted by Crippen LogP contribution is 2.27. The zero-order valence-electron chi connectivity index (χ0n) is 21.4. The van der Waals surface area contributed by atoms with Gasteiger partial charge in [0.05, 0.1) is 33.1 Å². The lowest BCUT2D eigenvalue weighted by Crippen LogP contribution is -2.24. The second-order valence-corrected chi connectivity index (χ2v) is 12.5. The summed E-state index contributed by atoms with van der Waals surface area (Å²) in [5, 5.41) is 8.23. The molecule has 1 amide bonds. The predicted octanol–water partition coefficient (Wildman–Crippen LogP) is 4.86. The van der Waals surface area contributed by atoms with Gasteiger partial charge in [0.2, 0.25) is 15.9 Å². The molecule has 0 saturated carbocycles. The molecule has 0 aliphatic heterocycles.